The zero-order valence-electron chi connectivity index (χ0n) is 10.9. The van der Waals surface area contributed by atoms with Gasteiger partial charge in [0.05, 0.1) is 16.6 Å². The topological polar surface area (TPSA) is 85.6 Å². The van der Waals surface area contributed by atoms with Crippen molar-refractivity contribution in [2.45, 2.75) is 18.9 Å². The van der Waals surface area contributed by atoms with Crippen molar-refractivity contribution in [2.24, 2.45) is 0 Å². The molecule has 1 aromatic heterocycles. The third kappa shape index (κ3) is 3.05. The number of likely N-dealkylation sites (tertiary alicyclic amines) is 1. The predicted octanol–water partition coefficient (Wildman–Crippen LogP) is 1.89. The number of carbonyl (C=O) groups is 1. The van der Waals surface area contributed by atoms with E-state index in [2.05, 4.69) is 4.98 Å². The van der Waals surface area contributed by atoms with Gasteiger partial charge >= 0.3 is 0 Å². The molecule has 1 aliphatic rings. The molecule has 0 unspecified atom stereocenters. The van der Waals surface area contributed by atoms with E-state index in [1.165, 1.54) is 6.07 Å². The third-order valence-electron chi connectivity index (χ3n) is 3.33. The van der Waals surface area contributed by atoms with Crippen molar-refractivity contribution in [1.82, 2.24) is 9.88 Å². The first-order valence-corrected chi connectivity index (χ1v) is 6.52. The quantitative estimate of drug-likeness (QED) is 0.483. The molecule has 0 N–H and O–H groups in total. The summed E-state index contributed by atoms with van der Waals surface area (Å²) in [5.74, 6) is -0.333. The van der Waals surface area contributed by atoms with E-state index in [9.17, 15) is 14.9 Å². The molecule has 1 saturated heterocycles. The van der Waals surface area contributed by atoms with Crippen LogP contribution in [0, 0.1) is 10.1 Å². The summed E-state index contributed by atoms with van der Waals surface area (Å²) in [5.41, 5.74) is -0.179. The lowest BCUT2D eigenvalue weighted by Gasteiger charge is -2.31. The molecule has 0 radical (unpaired) electrons. The molecular weight excluding hydrogens is 286 g/mol. The van der Waals surface area contributed by atoms with Gasteiger partial charge in [-0.1, -0.05) is 11.6 Å². The molecule has 0 atom stereocenters. The van der Waals surface area contributed by atoms with Crippen molar-refractivity contribution >= 4 is 23.2 Å². The van der Waals surface area contributed by atoms with Gasteiger partial charge in [-0.15, -0.1) is 0 Å². The highest BCUT2D eigenvalue weighted by atomic mass is 35.5. The predicted molar refractivity (Wildman–Crippen MR) is 71.8 cm³/mol. The lowest BCUT2D eigenvalue weighted by atomic mass is 10.1. The molecular formula is C12H14ClN3O4. The Labute approximate surface area is 120 Å². The van der Waals surface area contributed by atoms with Crippen LogP contribution in [-0.4, -0.2) is 47.0 Å². The molecule has 0 saturated carbocycles. The Kier molecular flexibility index (Phi) is 4.51. The van der Waals surface area contributed by atoms with Gasteiger partial charge < -0.3 is 9.64 Å². The number of amides is 1. The first-order valence-electron chi connectivity index (χ1n) is 6.15. The van der Waals surface area contributed by atoms with Crippen LogP contribution in [0.1, 0.15) is 23.2 Å². The molecule has 1 aromatic rings. The molecule has 2 rings (SSSR count). The number of hydrogen-bond donors (Lipinski definition) is 0. The molecule has 0 aromatic carbocycles. The Hall–Kier alpha value is -1.73. The van der Waals surface area contributed by atoms with Crippen LogP contribution < -0.4 is 0 Å². The fraction of sp³-hybridized carbons (Fsp3) is 0.500. The second-order valence-corrected chi connectivity index (χ2v) is 4.87. The lowest BCUT2D eigenvalue weighted by molar-refractivity contribution is -0.385. The number of ether oxygens (including phenoxy) is 1. The fourth-order valence-electron chi connectivity index (χ4n) is 2.15. The minimum absolute atomic E-state index is 0.0190. The summed E-state index contributed by atoms with van der Waals surface area (Å²) >= 11 is 5.87. The average Bonchev–Trinajstić information content (AvgIpc) is 2.47. The number of rotatable bonds is 3. The maximum atomic E-state index is 12.3. The maximum Gasteiger partial charge on any atom is 0.288 e. The Balaban J connectivity index is 2.17. The Bertz CT molecular complexity index is 529. The molecule has 0 spiro atoms. The van der Waals surface area contributed by atoms with Gasteiger partial charge in [0.2, 0.25) is 0 Å². The van der Waals surface area contributed by atoms with Crippen molar-refractivity contribution in [3.8, 4) is 0 Å². The number of carbonyl (C=O) groups excluding carboxylic acids is 1. The molecule has 1 fully saturated rings. The highest BCUT2D eigenvalue weighted by molar-refractivity contribution is 6.32. The second-order valence-electron chi connectivity index (χ2n) is 4.52. The zero-order valence-corrected chi connectivity index (χ0v) is 11.7. The van der Waals surface area contributed by atoms with Crippen LogP contribution in [0.2, 0.25) is 5.15 Å². The molecule has 8 heteroatoms. The Morgan fingerprint density at radius 1 is 1.55 bits per heavy atom. The van der Waals surface area contributed by atoms with Crippen LogP contribution in [-0.2, 0) is 4.74 Å². The number of methoxy groups -OCH3 is 1. The normalized spacial score (nSPS) is 16.2. The third-order valence-corrected chi connectivity index (χ3v) is 3.63. The molecule has 20 heavy (non-hydrogen) atoms. The Morgan fingerprint density at radius 3 is 2.75 bits per heavy atom. The van der Waals surface area contributed by atoms with Gasteiger partial charge in [-0.05, 0) is 12.8 Å². The molecule has 1 aliphatic heterocycles. The van der Waals surface area contributed by atoms with Crippen LogP contribution in [0.15, 0.2) is 12.3 Å². The van der Waals surface area contributed by atoms with E-state index in [0.29, 0.717) is 13.1 Å². The first-order chi connectivity index (χ1) is 9.52. The molecule has 7 nitrogen and oxygen atoms in total. The number of piperidine rings is 1. The van der Waals surface area contributed by atoms with Crippen molar-refractivity contribution in [3.05, 3.63) is 33.1 Å². The number of halogens is 1. The van der Waals surface area contributed by atoms with Crippen molar-refractivity contribution in [1.29, 1.82) is 0 Å². The molecule has 1 amide bonds. The summed E-state index contributed by atoms with van der Waals surface area (Å²) in [6.07, 6.45) is 2.67. The summed E-state index contributed by atoms with van der Waals surface area (Å²) in [4.78, 5) is 27.8. The zero-order chi connectivity index (χ0) is 14.7. The van der Waals surface area contributed by atoms with Crippen molar-refractivity contribution in [2.75, 3.05) is 20.2 Å². The summed E-state index contributed by atoms with van der Waals surface area (Å²) in [7, 11) is 1.64. The van der Waals surface area contributed by atoms with E-state index >= 15 is 0 Å². The smallest absolute Gasteiger partial charge is 0.288 e. The SMILES string of the molecule is COC1CCN(C(=O)c2cc([N+](=O)[O-])cnc2Cl)CC1. The van der Waals surface area contributed by atoms with Gasteiger partial charge in [0, 0.05) is 26.3 Å². The first kappa shape index (κ1) is 14.7. The summed E-state index contributed by atoms with van der Waals surface area (Å²) < 4.78 is 5.23. The van der Waals surface area contributed by atoms with Gasteiger partial charge in [-0.2, -0.15) is 0 Å². The summed E-state index contributed by atoms with van der Waals surface area (Å²) in [6.45, 7) is 1.08. The van der Waals surface area contributed by atoms with Crippen LogP contribution in [0.3, 0.4) is 0 Å². The van der Waals surface area contributed by atoms with Crippen molar-refractivity contribution in [3.63, 3.8) is 0 Å². The van der Waals surface area contributed by atoms with E-state index in [0.717, 1.165) is 19.0 Å². The lowest BCUT2D eigenvalue weighted by Crippen LogP contribution is -2.40. The fourth-order valence-corrected chi connectivity index (χ4v) is 2.34. The highest BCUT2D eigenvalue weighted by Gasteiger charge is 2.26. The van der Waals surface area contributed by atoms with E-state index < -0.39 is 4.92 Å². The van der Waals surface area contributed by atoms with E-state index in [4.69, 9.17) is 16.3 Å². The summed E-state index contributed by atoms with van der Waals surface area (Å²) in [5, 5.41) is 10.7. The van der Waals surface area contributed by atoms with E-state index in [-0.39, 0.29) is 28.4 Å². The molecule has 0 aliphatic carbocycles. The molecule has 0 bridgehead atoms. The van der Waals surface area contributed by atoms with Crippen LogP contribution in [0.4, 0.5) is 5.69 Å². The number of nitrogens with zero attached hydrogens (tertiary/aromatic N) is 3. The Morgan fingerprint density at radius 2 is 2.20 bits per heavy atom. The minimum atomic E-state index is -0.600. The number of pyridine rings is 1. The van der Waals surface area contributed by atoms with Gasteiger partial charge in [0.25, 0.3) is 11.6 Å². The maximum absolute atomic E-state index is 12.3. The van der Waals surface area contributed by atoms with Crippen LogP contribution in [0.5, 0.6) is 0 Å². The standard InChI is InChI=1S/C12H14ClN3O4/c1-20-9-2-4-15(5-3-9)12(17)10-6-8(16(18)19)7-14-11(10)13/h6-7,9H,2-5H2,1H3. The van der Waals surface area contributed by atoms with Crippen molar-refractivity contribution < 1.29 is 14.5 Å². The number of nitro groups is 1. The van der Waals surface area contributed by atoms with Gasteiger partial charge in [0.15, 0.2) is 0 Å². The number of aromatic nitrogens is 1. The van der Waals surface area contributed by atoms with Crippen LogP contribution in [0.25, 0.3) is 0 Å². The molecule has 2 heterocycles. The van der Waals surface area contributed by atoms with Gasteiger partial charge in [0.1, 0.15) is 11.3 Å². The average molecular weight is 300 g/mol. The summed E-state index contributed by atoms with van der Waals surface area (Å²) in [6, 6.07) is 1.17. The second kappa shape index (κ2) is 6.15. The van der Waals surface area contributed by atoms with Gasteiger partial charge in [-0.25, -0.2) is 4.98 Å². The largest absolute Gasteiger partial charge is 0.381 e. The van der Waals surface area contributed by atoms with E-state index in [1.807, 2.05) is 0 Å². The monoisotopic (exact) mass is 299 g/mol. The minimum Gasteiger partial charge on any atom is -0.381 e. The van der Waals surface area contributed by atoms with Gasteiger partial charge in [-0.3, -0.25) is 14.9 Å². The van der Waals surface area contributed by atoms with E-state index in [1.54, 1.807) is 12.0 Å². The number of hydrogen-bond acceptors (Lipinski definition) is 5. The molecule has 108 valence electrons. The van der Waals surface area contributed by atoms with Crippen LogP contribution >= 0.6 is 11.6 Å². The highest BCUT2D eigenvalue weighted by Crippen LogP contribution is 2.22.